The minimum absolute atomic E-state index is 0.0222. The Hall–Kier alpha value is -2.69. The van der Waals surface area contributed by atoms with Crippen LogP contribution in [0.15, 0.2) is 91.0 Å². The van der Waals surface area contributed by atoms with Gasteiger partial charge in [0.05, 0.1) is 0 Å². The maximum atomic E-state index is 12.6. The second kappa shape index (κ2) is 8.60. The summed E-state index contributed by atoms with van der Waals surface area (Å²) in [6.45, 7) is -0.0222. The molecule has 0 saturated carbocycles. The summed E-state index contributed by atoms with van der Waals surface area (Å²) in [5.41, 5.74) is 0. The van der Waals surface area contributed by atoms with E-state index in [9.17, 15) is 4.79 Å². The fourth-order valence-electron chi connectivity index (χ4n) is 3.14. The summed E-state index contributed by atoms with van der Waals surface area (Å²) in [6, 6.07) is 30.0. The average molecular weight is 363 g/mol. The van der Waals surface area contributed by atoms with Gasteiger partial charge in [-0.3, -0.25) is 4.79 Å². The van der Waals surface area contributed by atoms with Crippen LogP contribution in [0.2, 0.25) is 0 Å². The summed E-state index contributed by atoms with van der Waals surface area (Å²) in [5, 5.41) is 12.1. The zero-order valence-electron chi connectivity index (χ0n) is 14.5. The molecule has 0 aliphatic carbocycles. The van der Waals surface area contributed by atoms with E-state index in [1.807, 2.05) is 91.0 Å². The van der Waals surface area contributed by atoms with Crippen LogP contribution in [0.25, 0.3) is 0 Å². The first kappa shape index (κ1) is 18.1. The Morgan fingerprint density at radius 3 is 1.46 bits per heavy atom. The maximum absolute atomic E-state index is 12.6. The number of aliphatic hydroxyl groups is 1. The third-order valence-electron chi connectivity index (χ3n) is 4.35. The van der Waals surface area contributed by atoms with Crippen LogP contribution in [0, 0.1) is 0 Å². The second-order valence-electron chi connectivity index (χ2n) is 6.08. The highest BCUT2D eigenvalue weighted by Crippen LogP contribution is 2.11. The van der Waals surface area contributed by atoms with Crippen molar-refractivity contribution in [1.29, 1.82) is 0 Å². The van der Waals surface area contributed by atoms with Crippen molar-refractivity contribution in [3.8, 4) is 0 Å². The van der Waals surface area contributed by atoms with Gasteiger partial charge in [0.25, 0.3) is 5.97 Å². The van der Waals surface area contributed by atoms with Crippen LogP contribution < -0.4 is 15.6 Å². The molecule has 0 aliphatic heterocycles. The van der Waals surface area contributed by atoms with Gasteiger partial charge in [-0.1, -0.05) is 91.0 Å². The van der Waals surface area contributed by atoms with Crippen molar-refractivity contribution in [2.75, 3.05) is 6.61 Å². The molecular formula is C22H22O3Si. The second-order valence-corrected chi connectivity index (χ2v) is 9.38. The molecule has 4 heteroatoms. The summed E-state index contributed by atoms with van der Waals surface area (Å²) in [4.78, 5) is 12.6. The summed E-state index contributed by atoms with van der Waals surface area (Å²) < 4.78 is 6.29. The number of carbonyl (C=O) groups excluding carboxylic acids is 1. The third-order valence-corrected chi connectivity index (χ3v) is 8.32. The first-order chi connectivity index (χ1) is 12.8. The molecule has 0 unspecified atom stereocenters. The van der Waals surface area contributed by atoms with Crippen LogP contribution in [0.4, 0.5) is 0 Å². The SMILES string of the molecule is O=C(CCCO)O[Si](c1ccccc1)(c1ccccc1)c1ccccc1. The zero-order chi connectivity index (χ0) is 18.2. The molecule has 132 valence electrons. The molecule has 0 amide bonds. The number of benzene rings is 3. The number of aliphatic hydroxyl groups excluding tert-OH is 1. The lowest BCUT2D eigenvalue weighted by Gasteiger charge is -2.32. The van der Waals surface area contributed by atoms with Gasteiger partial charge in [-0.25, -0.2) is 0 Å². The highest BCUT2D eigenvalue weighted by atomic mass is 28.4. The summed E-state index contributed by atoms with van der Waals surface area (Å²) >= 11 is 0. The minimum atomic E-state index is -2.97. The van der Waals surface area contributed by atoms with E-state index in [0.29, 0.717) is 6.42 Å². The molecule has 0 aliphatic rings. The monoisotopic (exact) mass is 362 g/mol. The van der Waals surface area contributed by atoms with Gasteiger partial charge in [0, 0.05) is 13.0 Å². The van der Waals surface area contributed by atoms with E-state index >= 15 is 0 Å². The highest BCUT2D eigenvalue weighted by molar-refractivity contribution is 7.07. The zero-order valence-corrected chi connectivity index (χ0v) is 15.5. The molecule has 3 nitrogen and oxygen atoms in total. The molecule has 0 saturated heterocycles. The van der Waals surface area contributed by atoms with E-state index in [2.05, 4.69) is 0 Å². The van der Waals surface area contributed by atoms with Gasteiger partial charge in [-0.2, -0.15) is 0 Å². The smallest absolute Gasteiger partial charge is 0.350 e. The summed E-state index contributed by atoms with van der Waals surface area (Å²) in [6.07, 6.45) is 0.611. The molecule has 0 fully saturated rings. The van der Waals surface area contributed by atoms with Gasteiger partial charge in [-0.15, -0.1) is 0 Å². The Balaban J connectivity index is 2.19. The van der Waals surface area contributed by atoms with Crippen LogP contribution in [0.3, 0.4) is 0 Å². The van der Waals surface area contributed by atoms with Crippen molar-refractivity contribution in [3.05, 3.63) is 91.0 Å². The minimum Gasteiger partial charge on any atom is -0.506 e. The molecule has 0 heterocycles. The third kappa shape index (κ3) is 3.77. The van der Waals surface area contributed by atoms with Gasteiger partial charge >= 0.3 is 8.32 Å². The van der Waals surface area contributed by atoms with Gasteiger partial charge in [0.15, 0.2) is 0 Å². The first-order valence-corrected chi connectivity index (χ1v) is 10.7. The van der Waals surface area contributed by atoms with Crippen molar-refractivity contribution < 1.29 is 14.3 Å². The topological polar surface area (TPSA) is 46.5 Å². The predicted octanol–water partition coefficient (Wildman–Crippen LogP) is 1.97. The Kier molecular flexibility index (Phi) is 5.99. The lowest BCUT2D eigenvalue weighted by molar-refractivity contribution is -0.135. The number of rotatable bonds is 7. The highest BCUT2D eigenvalue weighted by Gasteiger charge is 2.45. The molecule has 0 radical (unpaired) electrons. The molecule has 26 heavy (non-hydrogen) atoms. The predicted molar refractivity (Wildman–Crippen MR) is 106 cm³/mol. The van der Waals surface area contributed by atoms with Crippen LogP contribution in [-0.4, -0.2) is 26.0 Å². The standard InChI is InChI=1S/C22H22O3Si/c23-18-10-17-22(24)25-26(19-11-4-1-5-12-19,20-13-6-2-7-14-20)21-15-8-3-9-16-21/h1-9,11-16,23H,10,17-18H2. The van der Waals surface area contributed by atoms with E-state index < -0.39 is 8.32 Å². The van der Waals surface area contributed by atoms with Crippen molar-refractivity contribution in [3.63, 3.8) is 0 Å². The van der Waals surface area contributed by atoms with Gasteiger partial charge in [0.1, 0.15) is 0 Å². The summed E-state index contributed by atoms with van der Waals surface area (Å²) in [7, 11) is -2.97. The fourth-order valence-corrected chi connectivity index (χ4v) is 6.92. The summed E-state index contributed by atoms with van der Waals surface area (Å²) in [5.74, 6) is -0.276. The van der Waals surface area contributed by atoms with Crippen molar-refractivity contribution in [2.45, 2.75) is 12.8 Å². The Labute approximate surface area is 155 Å². The maximum Gasteiger partial charge on any atom is 0.350 e. The molecule has 0 bridgehead atoms. The van der Waals surface area contributed by atoms with E-state index in [0.717, 1.165) is 15.6 Å². The van der Waals surface area contributed by atoms with E-state index in [4.69, 9.17) is 9.53 Å². The molecular weight excluding hydrogens is 340 g/mol. The molecule has 0 spiro atoms. The largest absolute Gasteiger partial charge is 0.506 e. The van der Waals surface area contributed by atoms with E-state index in [-0.39, 0.29) is 19.0 Å². The molecule has 0 atom stereocenters. The van der Waals surface area contributed by atoms with Crippen LogP contribution in [-0.2, 0) is 9.22 Å². The normalized spacial score (nSPS) is 11.1. The number of hydrogen-bond donors (Lipinski definition) is 1. The fraction of sp³-hybridized carbons (Fsp3) is 0.136. The van der Waals surface area contributed by atoms with Crippen molar-refractivity contribution in [1.82, 2.24) is 0 Å². The Morgan fingerprint density at radius 1 is 0.731 bits per heavy atom. The van der Waals surface area contributed by atoms with E-state index in [1.165, 1.54) is 0 Å². The first-order valence-electron chi connectivity index (χ1n) is 8.76. The van der Waals surface area contributed by atoms with Crippen LogP contribution in [0.1, 0.15) is 12.8 Å². The Morgan fingerprint density at radius 2 is 1.12 bits per heavy atom. The Bertz CT molecular complexity index is 723. The molecule has 1 N–H and O–H groups in total. The quantitative estimate of drug-likeness (QED) is 0.516. The number of hydrogen-bond acceptors (Lipinski definition) is 3. The van der Waals surface area contributed by atoms with Crippen LogP contribution >= 0.6 is 0 Å². The number of carbonyl (C=O) groups is 1. The molecule has 3 aromatic carbocycles. The van der Waals surface area contributed by atoms with Crippen molar-refractivity contribution >= 4 is 29.8 Å². The molecule has 3 aromatic rings. The van der Waals surface area contributed by atoms with Crippen LogP contribution in [0.5, 0.6) is 0 Å². The van der Waals surface area contributed by atoms with Gasteiger partial charge < -0.3 is 9.53 Å². The van der Waals surface area contributed by atoms with Crippen molar-refractivity contribution in [2.24, 2.45) is 0 Å². The van der Waals surface area contributed by atoms with Gasteiger partial charge in [0.2, 0.25) is 0 Å². The lowest BCUT2D eigenvalue weighted by atomic mass is 10.3. The van der Waals surface area contributed by atoms with Gasteiger partial charge in [-0.05, 0) is 22.0 Å². The average Bonchev–Trinajstić information content (AvgIpc) is 2.72. The van der Waals surface area contributed by atoms with E-state index in [1.54, 1.807) is 0 Å². The lowest BCUT2D eigenvalue weighted by Crippen LogP contribution is -2.70. The molecule has 0 aromatic heterocycles. The molecule has 3 rings (SSSR count).